The monoisotopic (exact) mass is 201 g/mol. The third-order valence-electron chi connectivity index (χ3n) is 3.23. The molecule has 0 aromatic carbocycles. The predicted octanol–water partition coefficient (Wildman–Crippen LogP) is -0.361. The van der Waals surface area contributed by atoms with Crippen molar-refractivity contribution in [3.05, 3.63) is 0 Å². The molecule has 3 atom stereocenters. The number of ether oxygens (including phenoxy) is 1. The molecule has 4 nitrogen and oxygen atoms in total. The van der Waals surface area contributed by atoms with E-state index < -0.39 is 12.2 Å². The van der Waals surface area contributed by atoms with Crippen LogP contribution in [0.4, 0.5) is 0 Å². The molecule has 1 aliphatic carbocycles. The van der Waals surface area contributed by atoms with E-state index in [4.69, 9.17) is 4.74 Å². The summed E-state index contributed by atoms with van der Waals surface area (Å²) < 4.78 is 5.41. The van der Waals surface area contributed by atoms with E-state index in [1.165, 1.54) is 19.3 Å². The Morgan fingerprint density at radius 2 is 2.00 bits per heavy atom. The first-order valence-electron chi connectivity index (χ1n) is 5.48. The molecule has 2 rings (SSSR count). The Morgan fingerprint density at radius 3 is 2.64 bits per heavy atom. The van der Waals surface area contributed by atoms with Gasteiger partial charge in [0.1, 0.15) is 6.10 Å². The van der Waals surface area contributed by atoms with Crippen molar-refractivity contribution in [2.24, 2.45) is 0 Å². The lowest BCUT2D eigenvalue weighted by molar-refractivity contribution is -0.133. The Bertz CT molecular complexity index is 184. The van der Waals surface area contributed by atoms with Crippen LogP contribution in [-0.4, -0.2) is 47.7 Å². The molecule has 1 saturated carbocycles. The maximum Gasteiger partial charge on any atom is 0.107 e. The minimum Gasteiger partial charge on any atom is -0.390 e. The van der Waals surface area contributed by atoms with Gasteiger partial charge >= 0.3 is 0 Å². The molecule has 0 aromatic heterocycles. The van der Waals surface area contributed by atoms with Crippen LogP contribution in [0.5, 0.6) is 0 Å². The number of aliphatic hydroxyl groups excluding tert-OH is 2. The lowest BCUT2D eigenvalue weighted by atomic mass is 9.92. The van der Waals surface area contributed by atoms with E-state index in [-0.39, 0.29) is 6.10 Å². The van der Waals surface area contributed by atoms with Crippen molar-refractivity contribution in [2.75, 3.05) is 13.2 Å². The third-order valence-corrected chi connectivity index (χ3v) is 3.23. The fraction of sp³-hybridized carbons (Fsp3) is 1.00. The summed E-state index contributed by atoms with van der Waals surface area (Å²) in [6.07, 6.45) is 2.72. The van der Waals surface area contributed by atoms with Crippen molar-refractivity contribution in [3.8, 4) is 0 Å². The lowest BCUT2D eigenvalue weighted by Gasteiger charge is -2.34. The number of aliphatic hydroxyl groups is 2. The first-order chi connectivity index (χ1) is 6.77. The van der Waals surface area contributed by atoms with Crippen molar-refractivity contribution in [3.63, 3.8) is 0 Å². The van der Waals surface area contributed by atoms with Gasteiger partial charge in [-0.05, 0) is 19.3 Å². The summed E-state index contributed by atoms with van der Waals surface area (Å²) in [5.74, 6) is 0. The SMILES string of the molecule is OC1CCOC(CNC2CCC2)[C@H]1O. The maximum atomic E-state index is 9.63. The molecular weight excluding hydrogens is 182 g/mol. The molecule has 0 bridgehead atoms. The molecule has 3 N–H and O–H groups in total. The van der Waals surface area contributed by atoms with Crippen LogP contribution in [0, 0.1) is 0 Å². The number of rotatable bonds is 3. The smallest absolute Gasteiger partial charge is 0.107 e. The number of hydrogen-bond donors (Lipinski definition) is 3. The minimum absolute atomic E-state index is 0.237. The maximum absolute atomic E-state index is 9.63. The van der Waals surface area contributed by atoms with Crippen molar-refractivity contribution < 1.29 is 14.9 Å². The van der Waals surface area contributed by atoms with Gasteiger partial charge in [-0.2, -0.15) is 0 Å². The number of hydrogen-bond acceptors (Lipinski definition) is 4. The molecule has 2 aliphatic rings. The molecule has 14 heavy (non-hydrogen) atoms. The Hall–Kier alpha value is -0.160. The highest BCUT2D eigenvalue weighted by Gasteiger charge is 2.31. The van der Waals surface area contributed by atoms with Crippen molar-refractivity contribution in [1.29, 1.82) is 0 Å². The summed E-state index contributed by atoms with van der Waals surface area (Å²) >= 11 is 0. The van der Waals surface area contributed by atoms with Crippen LogP contribution in [0.1, 0.15) is 25.7 Å². The molecular formula is C10H19NO3. The predicted molar refractivity (Wildman–Crippen MR) is 52.0 cm³/mol. The second-order valence-corrected chi connectivity index (χ2v) is 4.29. The van der Waals surface area contributed by atoms with E-state index >= 15 is 0 Å². The van der Waals surface area contributed by atoms with Crippen LogP contribution in [0.3, 0.4) is 0 Å². The highest BCUT2D eigenvalue weighted by molar-refractivity contribution is 4.85. The van der Waals surface area contributed by atoms with Crippen LogP contribution in [0.15, 0.2) is 0 Å². The Kier molecular flexibility index (Phi) is 3.38. The standard InChI is InChI=1S/C10H19NO3/c12-8-4-5-14-9(10(8)13)6-11-7-2-1-3-7/h7-13H,1-6H2/t8?,9?,10-/m0/s1. The van der Waals surface area contributed by atoms with Gasteiger partial charge < -0.3 is 20.3 Å². The van der Waals surface area contributed by atoms with Crippen molar-refractivity contribution in [1.82, 2.24) is 5.32 Å². The molecule has 1 aliphatic heterocycles. The fourth-order valence-corrected chi connectivity index (χ4v) is 1.93. The summed E-state index contributed by atoms with van der Waals surface area (Å²) in [5.41, 5.74) is 0. The average molecular weight is 201 g/mol. The van der Waals surface area contributed by atoms with Gasteiger partial charge in [-0.1, -0.05) is 6.42 Å². The van der Waals surface area contributed by atoms with Gasteiger partial charge in [-0.15, -0.1) is 0 Å². The van der Waals surface area contributed by atoms with Crippen LogP contribution in [0.2, 0.25) is 0 Å². The average Bonchev–Trinajstić information content (AvgIpc) is 2.09. The van der Waals surface area contributed by atoms with Gasteiger partial charge in [0.15, 0.2) is 0 Å². The molecule has 82 valence electrons. The largest absolute Gasteiger partial charge is 0.390 e. The van der Waals surface area contributed by atoms with Crippen LogP contribution < -0.4 is 5.32 Å². The summed E-state index contributed by atoms with van der Waals surface area (Å²) in [5, 5.41) is 22.4. The summed E-state index contributed by atoms with van der Waals surface area (Å²) in [6, 6.07) is 0.602. The summed E-state index contributed by atoms with van der Waals surface area (Å²) in [7, 11) is 0. The first kappa shape index (κ1) is 10.4. The quantitative estimate of drug-likeness (QED) is 0.583. The van der Waals surface area contributed by atoms with Crippen LogP contribution in [0.25, 0.3) is 0 Å². The highest BCUT2D eigenvalue weighted by atomic mass is 16.5. The molecule has 0 spiro atoms. The second-order valence-electron chi connectivity index (χ2n) is 4.29. The van der Waals surface area contributed by atoms with Gasteiger partial charge in [0.25, 0.3) is 0 Å². The molecule has 0 aromatic rings. The molecule has 2 fully saturated rings. The summed E-state index contributed by atoms with van der Waals surface area (Å²) in [6.45, 7) is 1.21. The van der Waals surface area contributed by atoms with E-state index in [1.807, 2.05) is 0 Å². The number of nitrogens with one attached hydrogen (secondary N) is 1. The zero-order valence-corrected chi connectivity index (χ0v) is 8.35. The van der Waals surface area contributed by atoms with Gasteiger partial charge in [0.2, 0.25) is 0 Å². The summed E-state index contributed by atoms with van der Waals surface area (Å²) in [4.78, 5) is 0. The van der Waals surface area contributed by atoms with Gasteiger partial charge in [0.05, 0.1) is 12.2 Å². The van der Waals surface area contributed by atoms with E-state index in [2.05, 4.69) is 5.32 Å². The normalized spacial score (nSPS) is 39.4. The molecule has 2 unspecified atom stereocenters. The van der Waals surface area contributed by atoms with Crippen molar-refractivity contribution >= 4 is 0 Å². The molecule has 4 heteroatoms. The Balaban J connectivity index is 1.72. The highest BCUT2D eigenvalue weighted by Crippen LogP contribution is 2.19. The Labute approximate surface area is 84.3 Å². The van der Waals surface area contributed by atoms with E-state index in [9.17, 15) is 10.2 Å². The Morgan fingerprint density at radius 1 is 1.21 bits per heavy atom. The van der Waals surface area contributed by atoms with Crippen LogP contribution in [-0.2, 0) is 4.74 Å². The lowest BCUT2D eigenvalue weighted by Crippen LogP contribution is -2.51. The molecule has 0 radical (unpaired) electrons. The van der Waals surface area contributed by atoms with Gasteiger partial charge in [-0.3, -0.25) is 0 Å². The van der Waals surface area contributed by atoms with Gasteiger partial charge in [0, 0.05) is 19.2 Å². The van der Waals surface area contributed by atoms with E-state index in [1.54, 1.807) is 0 Å². The second kappa shape index (κ2) is 4.57. The van der Waals surface area contributed by atoms with Crippen molar-refractivity contribution in [2.45, 2.75) is 50.0 Å². The zero-order chi connectivity index (χ0) is 9.97. The fourth-order valence-electron chi connectivity index (χ4n) is 1.93. The zero-order valence-electron chi connectivity index (χ0n) is 8.35. The van der Waals surface area contributed by atoms with E-state index in [0.29, 0.717) is 25.6 Å². The topological polar surface area (TPSA) is 61.7 Å². The molecule has 1 saturated heterocycles. The minimum atomic E-state index is -0.726. The van der Waals surface area contributed by atoms with Crippen LogP contribution >= 0.6 is 0 Å². The van der Waals surface area contributed by atoms with Gasteiger partial charge in [-0.25, -0.2) is 0 Å². The van der Waals surface area contributed by atoms with E-state index in [0.717, 1.165) is 0 Å². The molecule has 0 amide bonds. The first-order valence-corrected chi connectivity index (χ1v) is 5.48. The molecule has 1 heterocycles. The third kappa shape index (κ3) is 2.25.